The summed E-state index contributed by atoms with van der Waals surface area (Å²) in [6, 6.07) is 0.795. The second kappa shape index (κ2) is 6.10. The molecule has 0 aromatic carbocycles. The predicted octanol–water partition coefficient (Wildman–Crippen LogP) is 0.957. The van der Waals surface area contributed by atoms with Crippen LogP contribution in [0.3, 0.4) is 0 Å². The van der Waals surface area contributed by atoms with Crippen LogP contribution in [0, 0.1) is 6.92 Å². The monoisotopic (exact) mass is 268 g/mol. The van der Waals surface area contributed by atoms with Crippen LogP contribution in [0.5, 0.6) is 0 Å². The fraction of sp³-hybridized carbons (Fsp3) is 0.769. The maximum atomic E-state index is 6.27. The number of nitrogens with zero attached hydrogens (tertiary/aromatic N) is 3. The molecule has 2 atom stereocenters. The summed E-state index contributed by atoms with van der Waals surface area (Å²) >= 11 is 1.71. The maximum Gasteiger partial charge on any atom is 0.0897 e. The lowest BCUT2D eigenvalue weighted by molar-refractivity contribution is 0.104. The van der Waals surface area contributed by atoms with Gasteiger partial charge in [-0.05, 0) is 27.4 Å². The Bertz CT molecular complexity index is 379. The minimum atomic E-state index is 0.213. The number of aromatic nitrogens is 1. The zero-order valence-electron chi connectivity index (χ0n) is 11.6. The molecule has 1 fully saturated rings. The molecular formula is C13H24N4S. The second-order valence-electron chi connectivity index (χ2n) is 5.45. The van der Waals surface area contributed by atoms with Crippen LogP contribution in [0.1, 0.15) is 17.1 Å². The number of piperazine rings is 1. The number of nitrogens with two attached hydrogens (primary N) is 1. The Kier molecular flexibility index (Phi) is 4.72. The van der Waals surface area contributed by atoms with Crippen molar-refractivity contribution in [1.82, 2.24) is 14.8 Å². The molecule has 0 spiro atoms. The van der Waals surface area contributed by atoms with Crippen molar-refractivity contribution in [3.8, 4) is 0 Å². The van der Waals surface area contributed by atoms with Gasteiger partial charge in [-0.2, -0.15) is 0 Å². The molecule has 5 heteroatoms. The van der Waals surface area contributed by atoms with Gasteiger partial charge < -0.3 is 15.5 Å². The number of likely N-dealkylation sites (N-methyl/N-ethyl adjacent to an activating group) is 2. The Morgan fingerprint density at radius 3 is 2.94 bits per heavy atom. The SMILES string of the molecule is Cc1nc(CC(N)CC2CN(C)CCN2C)cs1. The summed E-state index contributed by atoms with van der Waals surface area (Å²) in [7, 11) is 4.40. The highest BCUT2D eigenvalue weighted by Gasteiger charge is 2.24. The lowest BCUT2D eigenvalue weighted by Gasteiger charge is -2.38. The van der Waals surface area contributed by atoms with E-state index in [2.05, 4.69) is 34.3 Å². The molecular weight excluding hydrogens is 244 g/mol. The van der Waals surface area contributed by atoms with Gasteiger partial charge in [-0.3, -0.25) is 0 Å². The summed E-state index contributed by atoms with van der Waals surface area (Å²) in [6.07, 6.45) is 1.95. The van der Waals surface area contributed by atoms with E-state index in [1.165, 1.54) is 0 Å². The van der Waals surface area contributed by atoms with E-state index in [-0.39, 0.29) is 6.04 Å². The Hall–Kier alpha value is -0.490. The molecule has 1 saturated heterocycles. The van der Waals surface area contributed by atoms with Crippen LogP contribution >= 0.6 is 11.3 Å². The summed E-state index contributed by atoms with van der Waals surface area (Å²) < 4.78 is 0. The largest absolute Gasteiger partial charge is 0.327 e. The lowest BCUT2D eigenvalue weighted by Crippen LogP contribution is -2.51. The van der Waals surface area contributed by atoms with E-state index < -0.39 is 0 Å². The minimum absolute atomic E-state index is 0.213. The zero-order chi connectivity index (χ0) is 13.1. The van der Waals surface area contributed by atoms with Crippen molar-refractivity contribution in [3.05, 3.63) is 16.1 Å². The van der Waals surface area contributed by atoms with Crippen molar-refractivity contribution < 1.29 is 0 Å². The highest BCUT2D eigenvalue weighted by molar-refractivity contribution is 7.09. The molecule has 1 aromatic heterocycles. The number of aryl methyl sites for hydroxylation is 1. The normalized spacial score (nSPS) is 24.3. The van der Waals surface area contributed by atoms with Crippen LogP contribution in [0.15, 0.2) is 5.38 Å². The summed E-state index contributed by atoms with van der Waals surface area (Å²) in [5.41, 5.74) is 7.42. The first-order chi connectivity index (χ1) is 8.54. The Balaban J connectivity index is 1.84. The molecule has 1 aromatic rings. The predicted molar refractivity (Wildman–Crippen MR) is 77.1 cm³/mol. The first-order valence-corrected chi connectivity index (χ1v) is 7.48. The van der Waals surface area contributed by atoms with Crippen molar-refractivity contribution in [2.24, 2.45) is 5.73 Å². The van der Waals surface area contributed by atoms with Crippen molar-refractivity contribution >= 4 is 11.3 Å². The van der Waals surface area contributed by atoms with Crippen LogP contribution in [-0.2, 0) is 6.42 Å². The van der Waals surface area contributed by atoms with Gasteiger partial charge in [0.15, 0.2) is 0 Å². The number of hydrogen-bond acceptors (Lipinski definition) is 5. The third-order valence-electron chi connectivity index (χ3n) is 3.69. The van der Waals surface area contributed by atoms with Gasteiger partial charge in [0.25, 0.3) is 0 Å². The topological polar surface area (TPSA) is 45.4 Å². The zero-order valence-corrected chi connectivity index (χ0v) is 12.4. The van der Waals surface area contributed by atoms with Gasteiger partial charge in [-0.15, -0.1) is 11.3 Å². The summed E-state index contributed by atoms with van der Waals surface area (Å²) in [5, 5.41) is 3.26. The molecule has 2 unspecified atom stereocenters. The highest BCUT2D eigenvalue weighted by Crippen LogP contribution is 2.15. The lowest BCUT2D eigenvalue weighted by atomic mass is 10.0. The average Bonchev–Trinajstić information content (AvgIpc) is 2.69. The summed E-state index contributed by atoms with van der Waals surface area (Å²) in [5.74, 6) is 0. The number of rotatable bonds is 4. The van der Waals surface area contributed by atoms with Crippen molar-refractivity contribution in [2.45, 2.75) is 31.8 Å². The van der Waals surface area contributed by atoms with E-state index in [4.69, 9.17) is 5.73 Å². The molecule has 1 aliphatic rings. The molecule has 0 bridgehead atoms. The number of hydrogen-bond donors (Lipinski definition) is 1. The summed E-state index contributed by atoms with van der Waals surface area (Å²) in [4.78, 5) is 9.32. The van der Waals surface area contributed by atoms with Crippen LogP contribution in [-0.4, -0.2) is 60.6 Å². The van der Waals surface area contributed by atoms with E-state index in [1.54, 1.807) is 11.3 Å². The third kappa shape index (κ3) is 3.75. The second-order valence-corrected chi connectivity index (χ2v) is 6.52. The molecule has 2 N–H and O–H groups in total. The maximum absolute atomic E-state index is 6.27. The average molecular weight is 268 g/mol. The van der Waals surface area contributed by atoms with Gasteiger partial charge in [0.2, 0.25) is 0 Å². The van der Waals surface area contributed by atoms with Gasteiger partial charge >= 0.3 is 0 Å². The molecule has 2 heterocycles. The van der Waals surface area contributed by atoms with Crippen LogP contribution in [0.2, 0.25) is 0 Å². The molecule has 0 aliphatic carbocycles. The van der Waals surface area contributed by atoms with Crippen molar-refractivity contribution in [1.29, 1.82) is 0 Å². The third-order valence-corrected chi connectivity index (χ3v) is 4.52. The quantitative estimate of drug-likeness (QED) is 0.883. The molecule has 0 radical (unpaired) electrons. The summed E-state index contributed by atoms with van der Waals surface area (Å²) in [6.45, 7) is 5.47. The van der Waals surface area contributed by atoms with Crippen molar-refractivity contribution in [2.75, 3.05) is 33.7 Å². The number of thiazole rings is 1. The van der Waals surface area contributed by atoms with E-state index in [0.717, 1.165) is 43.2 Å². The molecule has 1 aliphatic heterocycles. The molecule has 0 amide bonds. The molecule has 2 rings (SSSR count). The fourth-order valence-corrected chi connectivity index (χ4v) is 3.18. The smallest absolute Gasteiger partial charge is 0.0897 e. The van der Waals surface area contributed by atoms with Gasteiger partial charge in [0.05, 0.1) is 10.7 Å². The van der Waals surface area contributed by atoms with Crippen molar-refractivity contribution in [3.63, 3.8) is 0 Å². The Morgan fingerprint density at radius 2 is 2.28 bits per heavy atom. The molecule has 4 nitrogen and oxygen atoms in total. The molecule has 18 heavy (non-hydrogen) atoms. The van der Waals surface area contributed by atoms with E-state index in [1.807, 2.05) is 6.92 Å². The standard InChI is InChI=1S/C13H24N4S/c1-10-15-12(9-18-10)6-11(14)7-13-8-16(2)4-5-17(13)3/h9,11,13H,4-8,14H2,1-3H3. The minimum Gasteiger partial charge on any atom is -0.327 e. The Morgan fingerprint density at radius 1 is 1.50 bits per heavy atom. The first kappa shape index (κ1) is 13.9. The fourth-order valence-electron chi connectivity index (χ4n) is 2.56. The van der Waals surface area contributed by atoms with Gasteiger partial charge in [-0.25, -0.2) is 4.98 Å². The molecule has 102 valence electrons. The van der Waals surface area contributed by atoms with Gasteiger partial charge in [0.1, 0.15) is 0 Å². The van der Waals surface area contributed by atoms with Crippen LogP contribution < -0.4 is 5.73 Å². The first-order valence-electron chi connectivity index (χ1n) is 6.60. The van der Waals surface area contributed by atoms with Crippen LogP contribution in [0.4, 0.5) is 0 Å². The highest BCUT2D eigenvalue weighted by atomic mass is 32.1. The van der Waals surface area contributed by atoms with Gasteiger partial charge in [0, 0.05) is 43.5 Å². The van der Waals surface area contributed by atoms with Gasteiger partial charge in [-0.1, -0.05) is 0 Å². The van der Waals surface area contributed by atoms with E-state index in [9.17, 15) is 0 Å². The Labute approximate surface area is 114 Å². The van der Waals surface area contributed by atoms with E-state index in [0.29, 0.717) is 6.04 Å². The van der Waals surface area contributed by atoms with E-state index >= 15 is 0 Å². The van der Waals surface area contributed by atoms with Crippen LogP contribution in [0.25, 0.3) is 0 Å². The molecule has 0 saturated carbocycles.